The second-order valence-corrected chi connectivity index (χ2v) is 4.85. The Labute approximate surface area is 82.5 Å². The second-order valence-electron chi connectivity index (χ2n) is 4.85. The summed E-state index contributed by atoms with van der Waals surface area (Å²) in [6.45, 7) is 7.52. The van der Waals surface area contributed by atoms with Gasteiger partial charge in [0, 0.05) is 12.6 Å². The van der Waals surface area contributed by atoms with Gasteiger partial charge in [-0.15, -0.1) is 0 Å². The zero-order valence-electron chi connectivity index (χ0n) is 9.13. The van der Waals surface area contributed by atoms with E-state index in [1.165, 1.54) is 45.2 Å². The van der Waals surface area contributed by atoms with E-state index in [0.29, 0.717) is 0 Å². The Morgan fingerprint density at radius 1 is 1.00 bits per heavy atom. The SMILES string of the molecule is CC[C@@H]1CN(C2CC2)CC[C@@H]1CC. The number of rotatable bonds is 3. The first kappa shape index (κ1) is 9.51. The van der Waals surface area contributed by atoms with E-state index >= 15 is 0 Å². The van der Waals surface area contributed by atoms with E-state index in [-0.39, 0.29) is 0 Å². The molecule has 2 aliphatic rings. The highest BCUT2D eigenvalue weighted by molar-refractivity contribution is 4.89. The fraction of sp³-hybridized carbons (Fsp3) is 1.00. The molecule has 1 heterocycles. The van der Waals surface area contributed by atoms with Gasteiger partial charge in [0.05, 0.1) is 0 Å². The summed E-state index contributed by atoms with van der Waals surface area (Å²) in [6, 6.07) is 0.992. The van der Waals surface area contributed by atoms with Crippen LogP contribution < -0.4 is 0 Å². The molecule has 76 valence electrons. The van der Waals surface area contributed by atoms with Crippen LogP contribution in [0.25, 0.3) is 0 Å². The topological polar surface area (TPSA) is 3.24 Å². The summed E-state index contributed by atoms with van der Waals surface area (Å²) in [7, 11) is 0. The fourth-order valence-corrected chi connectivity index (χ4v) is 2.88. The van der Waals surface area contributed by atoms with Gasteiger partial charge in [-0.25, -0.2) is 0 Å². The fourth-order valence-electron chi connectivity index (χ4n) is 2.88. The van der Waals surface area contributed by atoms with Gasteiger partial charge in [-0.3, -0.25) is 0 Å². The van der Waals surface area contributed by atoms with E-state index in [2.05, 4.69) is 18.7 Å². The highest BCUT2D eigenvalue weighted by Crippen LogP contribution is 2.35. The van der Waals surface area contributed by atoms with Crippen molar-refractivity contribution < 1.29 is 0 Å². The van der Waals surface area contributed by atoms with Gasteiger partial charge in [0.2, 0.25) is 0 Å². The predicted molar refractivity (Wildman–Crippen MR) is 56.8 cm³/mol. The van der Waals surface area contributed by atoms with Crippen molar-refractivity contribution in [3.63, 3.8) is 0 Å². The number of nitrogens with zero attached hydrogens (tertiary/aromatic N) is 1. The zero-order valence-corrected chi connectivity index (χ0v) is 9.13. The molecular weight excluding hydrogens is 158 g/mol. The molecule has 1 saturated carbocycles. The molecule has 0 amide bonds. The van der Waals surface area contributed by atoms with Crippen molar-refractivity contribution in [1.29, 1.82) is 0 Å². The minimum absolute atomic E-state index is 0.992. The molecule has 0 aromatic carbocycles. The molecule has 0 unspecified atom stereocenters. The Hall–Kier alpha value is -0.0400. The van der Waals surface area contributed by atoms with Gasteiger partial charge in [0.15, 0.2) is 0 Å². The normalized spacial score (nSPS) is 36.5. The molecule has 2 fully saturated rings. The minimum atomic E-state index is 0.992. The van der Waals surface area contributed by atoms with Crippen molar-refractivity contribution in [2.75, 3.05) is 13.1 Å². The summed E-state index contributed by atoms with van der Waals surface area (Å²) in [5.41, 5.74) is 0. The second kappa shape index (κ2) is 4.00. The van der Waals surface area contributed by atoms with Crippen LogP contribution >= 0.6 is 0 Å². The molecule has 0 bridgehead atoms. The molecule has 2 rings (SSSR count). The molecule has 1 aliphatic heterocycles. The van der Waals surface area contributed by atoms with Crippen molar-refractivity contribution >= 4 is 0 Å². The van der Waals surface area contributed by atoms with E-state index in [4.69, 9.17) is 0 Å². The highest BCUT2D eigenvalue weighted by Gasteiger charge is 2.35. The van der Waals surface area contributed by atoms with Crippen LogP contribution in [0.1, 0.15) is 46.0 Å². The third kappa shape index (κ3) is 2.07. The van der Waals surface area contributed by atoms with Crippen molar-refractivity contribution in [1.82, 2.24) is 4.90 Å². The van der Waals surface area contributed by atoms with E-state index in [1.807, 2.05) is 0 Å². The van der Waals surface area contributed by atoms with Gasteiger partial charge in [0.25, 0.3) is 0 Å². The van der Waals surface area contributed by atoms with Crippen LogP contribution in [-0.2, 0) is 0 Å². The monoisotopic (exact) mass is 181 g/mol. The molecule has 1 saturated heterocycles. The summed E-state index contributed by atoms with van der Waals surface area (Å²) >= 11 is 0. The first-order chi connectivity index (χ1) is 6.35. The average molecular weight is 181 g/mol. The molecule has 0 aromatic heterocycles. The maximum atomic E-state index is 2.75. The van der Waals surface area contributed by atoms with E-state index in [9.17, 15) is 0 Å². The van der Waals surface area contributed by atoms with Crippen LogP contribution in [-0.4, -0.2) is 24.0 Å². The van der Waals surface area contributed by atoms with Crippen molar-refractivity contribution in [2.45, 2.75) is 52.0 Å². The van der Waals surface area contributed by atoms with Gasteiger partial charge < -0.3 is 4.90 Å². The Morgan fingerprint density at radius 3 is 2.23 bits per heavy atom. The highest BCUT2D eigenvalue weighted by atomic mass is 15.2. The van der Waals surface area contributed by atoms with Crippen LogP contribution in [0.15, 0.2) is 0 Å². The van der Waals surface area contributed by atoms with Crippen molar-refractivity contribution in [2.24, 2.45) is 11.8 Å². The number of hydrogen-bond acceptors (Lipinski definition) is 1. The molecule has 0 spiro atoms. The summed E-state index contributed by atoms with van der Waals surface area (Å²) in [5, 5.41) is 0. The average Bonchev–Trinajstić information content (AvgIpc) is 3.00. The van der Waals surface area contributed by atoms with Crippen molar-refractivity contribution in [3.8, 4) is 0 Å². The maximum Gasteiger partial charge on any atom is 0.00965 e. The lowest BCUT2D eigenvalue weighted by molar-refractivity contribution is 0.107. The van der Waals surface area contributed by atoms with Gasteiger partial charge >= 0.3 is 0 Å². The number of hydrogen-bond donors (Lipinski definition) is 0. The lowest BCUT2D eigenvalue weighted by atomic mass is 9.82. The molecule has 0 N–H and O–H groups in total. The Bertz CT molecular complexity index is 163. The molecule has 1 aliphatic carbocycles. The molecular formula is C12H23N. The van der Waals surface area contributed by atoms with Crippen LogP contribution in [0.2, 0.25) is 0 Å². The van der Waals surface area contributed by atoms with Crippen molar-refractivity contribution in [3.05, 3.63) is 0 Å². The Morgan fingerprint density at radius 2 is 1.69 bits per heavy atom. The molecule has 0 aromatic rings. The third-order valence-electron chi connectivity index (χ3n) is 4.03. The van der Waals surface area contributed by atoms with Gasteiger partial charge in [-0.2, -0.15) is 0 Å². The molecule has 2 atom stereocenters. The largest absolute Gasteiger partial charge is 0.300 e. The lowest BCUT2D eigenvalue weighted by Crippen LogP contribution is -2.41. The molecule has 1 heteroatoms. The zero-order chi connectivity index (χ0) is 9.26. The summed E-state index contributed by atoms with van der Waals surface area (Å²) < 4.78 is 0. The van der Waals surface area contributed by atoms with Crippen LogP contribution in [0.5, 0.6) is 0 Å². The predicted octanol–water partition coefficient (Wildman–Crippen LogP) is 2.91. The van der Waals surface area contributed by atoms with Crippen LogP contribution in [0, 0.1) is 11.8 Å². The molecule has 0 radical (unpaired) electrons. The first-order valence-electron chi connectivity index (χ1n) is 6.09. The lowest BCUT2D eigenvalue weighted by Gasteiger charge is -2.38. The standard InChI is InChI=1S/C12H23N/c1-3-10-7-8-13(12-5-6-12)9-11(10)4-2/h10-12H,3-9H2,1-2H3/t10-,11+/m0/s1. The Balaban J connectivity index is 1.88. The Kier molecular flexibility index (Phi) is 2.92. The molecule has 1 nitrogen and oxygen atoms in total. The minimum Gasteiger partial charge on any atom is -0.300 e. The van der Waals surface area contributed by atoms with Crippen LogP contribution in [0.4, 0.5) is 0 Å². The van der Waals surface area contributed by atoms with E-state index < -0.39 is 0 Å². The summed E-state index contributed by atoms with van der Waals surface area (Å²) in [6.07, 6.45) is 7.21. The van der Waals surface area contributed by atoms with Gasteiger partial charge in [-0.05, 0) is 37.6 Å². The summed E-state index contributed by atoms with van der Waals surface area (Å²) in [4.78, 5) is 2.75. The third-order valence-corrected chi connectivity index (χ3v) is 4.03. The van der Waals surface area contributed by atoms with Crippen LogP contribution in [0.3, 0.4) is 0 Å². The summed E-state index contributed by atoms with van der Waals surface area (Å²) in [5.74, 6) is 2.03. The van der Waals surface area contributed by atoms with Gasteiger partial charge in [0.1, 0.15) is 0 Å². The number of piperidine rings is 1. The molecule has 13 heavy (non-hydrogen) atoms. The number of likely N-dealkylation sites (tertiary alicyclic amines) is 1. The van der Waals surface area contributed by atoms with E-state index in [1.54, 1.807) is 0 Å². The smallest absolute Gasteiger partial charge is 0.00965 e. The van der Waals surface area contributed by atoms with Gasteiger partial charge in [-0.1, -0.05) is 26.7 Å². The van der Waals surface area contributed by atoms with E-state index in [0.717, 1.165) is 17.9 Å². The quantitative estimate of drug-likeness (QED) is 0.647. The maximum absolute atomic E-state index is 2.75. The first-order valence-corrected chi connectivity index (χ1v) is 6.09.